The average molecular weight is 250 g/mol. The summed E-state index contributed by atoms with van der Waals surface area (Å²) in [6.45, 7) is 0. The number of hydrogen-bond acceptors (Lipinski definition) is 3. The molecule has 2 rings (SSSR count). The maximum atomic E-state index is 12.6. The van der Waals surface area contributed by atoms with Gasteiger partial charge in [-0.2, -0.15) is 0 Å². The molecular formula is C12H14ClNO2. The van der Waals surface area contributed by atoms with Gasteiger partial charge in [0.25, 0.3) is 0 Å². The molecule has 1 aromatic rings. The summed E-state index contributed by atoms with van der Waals surface area (Å²) in [6.07, 6.45) is -13.1. The zero-order valence-corrected chi connectivity index (χ0v) is 8.64. The predicted octanol–water partition coefficient (Wildman–Crippen LogP) is 1.61. The quantitative estimate of drug-likeness (QED) is 0.795. The Labute approximate surface area is 113 Å². The van der Waals surface area contributed by atoms with Crippen LogP contribution in [0.25, 0.3) is 0 Å². The highest BCUT2D eigenvalue weighted by molar-refractivity contribution is 6.31. The maximum absolute atomic E-state index is 12.6. The first-order chi connectivity index (χ1) is 11.5. The van der Waals surface area contributed by atoms with E-state index in [9.17, 15) is 9.90 Å². The van der Waals surface area contributed by atoms with Gasteiger partial charge < -0.3 is 10.8 Å². The third kappa shape index (κ3) is 1.75. The van der Waals surface area contributed by atoms with Crippen LogP contribution in [0, 0.1) is 0 Å². The number of carbonyl (C=O) groups excluding carboxylic acids is 1. The van der Waals surface area contributed by atoms with Gasteiger partial charge in [-0.05, 0) is 30.7 Å². The summed E-state index contributed by atoms with van der Waals surface area (Å²) >= 11 is 5.90. The molecule has 3 N–H and O–H groups in total. The molecule has 0 radical (unpaired) electrons. The summed E-state index contributed by atoms with van der Waals surface area (Å²) in [5.74, 6) is -1.69. The van der Waals surface area contributed by atoms with Gasteiger partial charge in [-0.1, -0.05) is 29.7 Å². The van der Waals surface area contributed by atoms with Crippen LogP contribution in [-0.4, -0.2) is 17.0 Å². The molecule has 0 spiro atoms. The van der Waals surface area contributed by atoms with Crippen LogP contribution < -0.4 is 5.73 Å². The summed E-state index contributed by atoms with van der Waals surface area (Å²) in [7, 11) is 0. The van der Waals surface area contributed by atoms with Crippen LogP contribution in [0.2, 0.25) is 5.02 Å². The molecule has 0 bridgehead atoms. The summed E-state index contributed by atoms with van der Waals surface area (Å²) in [6, 6.07) is -3.50. The van der Waals surface area contributed by atoms with Crippen molar-refractivity contribution in [2.45, 2.75) is 30.8 Å². The van der Waals surface area contributed by atoms with E-state index in [-0.39, 0.29) is 0 Å². The van der Waals surface area contributed by atoms with Crippen molar-refractivity contribution in [2.75, 3.05) is 0 Å². The SMILES string of the molecule is [2H]c1c([2H])c([2H])c(C2(N)C(=O)C(O)C([2H])([2H])C([2H])([2H])C2([2H])[2H])c(Cl)c1[2H]. The van der Waals surface area contributed by atoms with E-state index in [4.69, 9.17) is 31.0 Å². The first kappa shape index (κ1) is 4.41. The molecule has 1 fully saturated rings. The van der Waals surface area contributed by atoms with Gasteiger partial charge in [0, 0.05) is 13.2 Å². The van der Waals surface area contributed by atoms with Gasteiger partial charge in [0.15, 0.2) is 5.78 Å². The molecule has 1 aromatic carbocycles. The van der Waals surface area contributed by atoms with E-state index in [1.165, 1.54) is 0 Å². The molecule has 0 amide bonds. The molecule has 1 saturated carbocycles. The number of hydrogen-bond donors (Lipinski definition) is 2. The standard InChI is InChI=1S/C12H14ClNO2/c13-9-5-2-1-4-8(9)12(14)7-3-6-10(15)11(12)16/h1-2,4-5,10,15H,3,6-7,14H2/i1D,2D,3D2,4D,5D,6D2,7D2. The van der Waals surface area contributed by atoms with Crippen molar-refractivity contribution in [1.29, 1.82) is 0 Å². The van der Waals surface area contributed by atoms with Gasteiger partial charge in [0.05, 0.1) is 5.48 Å². The first-order valence-corrected chi connectivity index (χ1v) is 4.65. The molecule has 4 heteroatoms. The second-order valence-corrected chi connectivity index (χ2v) is 3.54. The van der Waals surface area contributed by atoms with Crippen molar-refractivity contribution in [2.24, 2.45) is 5.73 Å². The Bertz CT molecular complexity index is 785. The third-order valence-corrected chi connectivity index (χ3v) is 2.43. The Hall–Kier alpha value is -0.900. The molecule has 2 unspecified atom stereocenters. The Kier molecular flexibility index (Phi) is 1.15. The molecular weight excluding hydrogens is 226 g/mol. The van der Waals surface area contributed by atoms with Crippen LogP contribution in [0.3, 0.4) is 0 Å². The topological polar surface area (TPSA) is 63.3 Å². The number of nitrogens with two attached hydrogens (primary N) is 1. The maximum Gasteiger partial charge on any atom is 0.185 e. The predicted molar refractivity (Wildman–Crippen MR) is 62.2 cm³/mol. The molecule has 1 aliphatic rings. The lowest BCUT2D eigenvalue weighted by molar-refractivity contribution is -0.136. The van der Waals surface area contributed by atoms with Gasteiger partial charge in [0.2, 0.25) is 0 Å². The zero-order chi connectivity index (χ0) is 20.6. The molecule has 1 aliphatic carbocycles. The van der Waals surface area contributed by atoms with Gasteiger partial charge in [0.1, 0.15) is 11.6 Å². The molecule has 0 heterocycles. The second-order valence-electron chi connectivity index (χ2n) is 3.16. The third-order valence-electron chi connectivity index (χ3n) is 2.14. The lowest BCUT2D eigenvalue weighted by Gasteiger charge is -2.35. The summed E-state index contributed by atoms with van der Waals surface area (Å²) < 4.78 is 77.9. The van der Waals surface area contributed by atoms with Gasteiger partial charge in [-0.3, -0.25) is 4.79 Å². The number of rotatable bonds is 1. The largest absolute Gasteiger partial charge is 0.385 e. The van der Waals surface area contributed by atoms with E-state index in [0.717, 1.165) is 0 Å². The zero-order valence-electron chi connectivity index (χ0n) is 17.9. The molecule has 3 nitrogen and oxygen atoms in total. The molecule has 0 aromatic heterocycles. The van der Waals surface area contributed by atoms with Crippen LogP contribution in [0.1, 0.15) is 38.4 Å². The van der Waals surface area contributed by atoms with Crippen LogP contribution in [-0.2, 0) is 10.3 Å². The van der Waals surface area contributed by atoms with Crippen LogP contribution in [0.15, 0.2) is 24.2 Å². The Morgan fingerprint density at radius 3 is 3.06 bits per heavy atom. The fourth-order valence-electron chi connectivity index (χ4n) is 1.30. The number of aliphatic hydroxyl groups excluding tert-OH is 1. The summed E-state index contributed by atoms with van der Waals surface area (Å²) in [5, 5.41) is 9.18. The number of aliphatic hydroxyl groups is 1. The Balaban J connectivity index is 3.00. The number of carbonyl (C=O) groups is 1. The van der Waals surface area contributed by atoms with E-state index in [0.29, 0.717) is 0 Å². The van der Waals surface area contributed by atoms with Crippen molar-refractivity contribution in [3.63, 3.8) is 0 Å². The van der Waals surface area contributed by atoms with Gasteiger partial charge in [-0.15, -0.1) is 0 Å². The molecule has 16 heavy (non-hydrogen) atoms. The highest BCUT2D eigenvalue weighted by atomic mass is 35.5. The van der Waals surface area contributed by atoms with Crippen molar-refractivity contribution in [3.05, 3.63) is 34.8 Å². The molecule has 2 atom stereocenters. The Morgan fingerprint density at radius 1 is 1.62 bits per heavy atom. The van der Waals surface area contributed by atoms with E-state index in [2.05, 4.69) is 0 Å². The van der Waals surface area contributed by atoms with E-state index < -0.39 is 71.3 Å². The van der Waals surface area contributed by atoms with Gasteiger partial charge >= 0.3 is 0 Å². The smallest absolute Gasteiger partial charge is 0.185 e. The molecule has 0 aliphatic heterocycles. The van der Waals surface area contributed by atoms with Crippen LogP contribution >= 0.6 is 11.6 Å². The highest BCUT2D eigenvalue weighted by Gasteiger charge is 2.43. The van der Waals surface area contributed by atoms with Crippen molar-refractivity contribution < 1.29 is 23.6 Å². The van der Waals surface area contributed by atoms with Gasteiger partial charge in [-0.25, -0.2) is 0 Å². The number of halogens is 1. The second kappa shape index (κ2) is 4.17. The summed E-state index contributed by atoms with van der Waals surface area (Å²) in [4.78, 5) is 12.6. The first-order valence-electron chi connectivity index (χ1n) is 9.27. The van der Waals surface area contributed by atoms with Crippen molar-refractivity contribution in [1.82, 2.24) is 0 Å². The van der Waals surface area contributed by atoms with E-state index >= 15 is 0 Å². The minimum atomic E-state index is -3.53. The normalized spacial score (nSPS) is 48.9. The lowest BCUT2D eigenvalue weighted by Crippen LogP contribution is -2.52. The number of benzene rings is 1. The highest BCUT2D eigenvalue weighted by Crippen LogP contribution is 2.35. The van der Waals surface area contributed by atoms with E-state index in [1.807, 2.05) is 0 Å². The fraction of sp³-hybridized carbons (Fsp3) is 0.417. The Morgan fingerprint density at radius 2 is 2.31 bits per heavy atom. The lowest BCUT2D eigenvalue weighted by atomic mass is 9.75. The van der Waals surface area contributed by atoms with Crippen LogP contribution in [0.4, 0.5) is 0 Å². The molecule has 86 valence electrons. The monoisotopic (exact) mass is 249 g/mol. The number of ketones is 1. The van der Waals surface area contributed by atoms with Crippen molar-refractivity contribution >= 4 is 17.4 Å². The van der Waals surface area contributed by atoms with Crippen LogP contribution in [0.5, 0.6) is 0 Å². The minimum absolute atomic E-state index is 0.782. The summed E-state index contributed by atoms with van der Waals surface area (Å²) in [5.41, 5.74) is 1.74. The van der Waals surface area contributed by atoms with Crippen molar-refractivity contribution in [3.8, 4) is 0 Å². The number of Topliss-reactive ketones (excluding diaryl/α,β-unsaturated/α-hetero) is 1. The average Bonchev–Trinajstić information content (AvgIpc) is 2.55. The fourth-order valence-corrected chi connectivity index (χ4v) is 1.54. The minimum Gasteiger partial charge on any atom is -0.385 e. The molecule has 0 saturated heterocycles. The van der Waals surface area contributed by atoms with E-state index in [1.54, 1.807) is 0 Å².